The van der Waals surface area contributed by atoms with Crippen molar-refractivity contribution in [1.29, 1.82) is 0 Å². The highest BCUT2D eigenvalue weighted by molar-refractivity contribution is 6.32. The van der Waals surface area contributed by atoms with Crippen molar-refractivity contribution < 1.29 is 14.6 Å². The molecule has 2 aromatic carbocycles. The second-order valence-corrected chi connectivity index (χ2v) is 11.6. The quantitative estimate of drug-likeness (QED) is 0.529. The standard InChI is InChI=1S/C28H35ClN2O3/c1-17(2)34-25-8-6-20(14-23(25)29)19-5-7-22-21(13-19)15-28(3,4)26(22)31(27(32)33)24-16-30-11-9-18(24)10-12-30/h5-8,13-14,17-18,24,26H,9-12,15-16H2,1-4H3,(H,32,33)/t24-,26+/m1/s1. The number of hydrogen-bond donors (Lipinski definition) is 1. The molecule has 0 aromatic heterocycles. The lowest BCUT2D eigenvalue weighted by atomic mass is 9.79. The first-order chi connectivity index (χ1) is 16.1. The Hall–Kier alpha value is -2.24. The van der Waals surface area contributed by atoms with E-state index in [4.69, 9.17) is 16.3 Å². The fraction of sp³-hybridized carbons (Fsp3) is 0.536. The zero-order chi connectivity index (χ0) is 24.2. The Balaban J connectivity index is 1.48. The predicted octanol–water partition coefficient (Wildman–Crippen LogP) is 6.49. The molecule has 2 atom stereocenters. The van der Waals surface area contributed by atoms with Crippen LogP contribution in [-0.4, -0.2) is 52.8 Å². The van der Waals surface area contributed by atoms with E-state index in [1.165, 1.54) is 5.56 Å². The maximum absolute atomic E-state index is 12.7. The Kier molecular flexibility index (Phi) is 6.06. The van der Waals surface area contributed by atoms with E-state index in [9.17, 15) is 9.90 Å². The van der Waals surface area contributed by atoms with E-state index in [2.05, 4.69) is 36.9 Å². The SMILES string of the molecule is CC(C)Oc1ccc(-c2ccc3c(c2)CC(C)(C)[C@H]3N(C(=O)O)[C@@H]2CN3CCC2CC3)cc1Cl. The smallest absolute Gasteiger partial charge is 0.408 e. The Labute approximate surface area is 207 Å². The largest absolute Gasteiger partial charge is 0.489 e. The molecule has 1 amide bonds. The van der Waals surface area contributed by atoms with Crippen LogP contribution in [0.1, 0.15) is 57.7 Å². The number of rotatable bonds is 5. The summed E-state index contributed by atoms with van der Waals surface area (Å²) >= 11 is 6.50. The zero-order valence-electron chi connectivity index (χ0n) is 20.6. The zero-order valence-corrected chi connectivity index (χ0v) is 21.3. The molecule has 0 saturated carbocycles. The van der Waals surface area contributed by atoms with Crippen LogP contribution in [0, 0.1) is 11.3 Å². The number of halogens is 1. The van der Waals surface area contributed by atoms with Crippen LogP contribution in [0.5, 0.6) is 5.75 Å². The number of fused-ring (bicyclic) bond motifs is 4. The van der Waals surface area contributed by atoms with Gasteiger partial charge in [0.05, 0.1) is 23.2 Å². The van der Waals surface area contributed by atoms with Gasteiger partial charge >= 0.3 is 6.09 Å². The van der Waals surface area contributed by atoms with E-state index in [1.54, 1.807) is 0 Å². The first kappa shape index (κ1) is 23.5. The maximum atomic E-state index is 12.7. The van der Waals surface area contributed by atoms with Gasteiger partial charge in [0, 0.05) is 6.54 Å². The van der Waals surface area contributed by atoms with Gasteiger partial charge < -0.3 is 14.7 Å². The minimum atomic E-state index is -0.790. The first-order valence-electron chi connectivity index (χ1n) is 12.5. The monoisotopic (exact) mass is 482 g/mol. The summed E-state index contributed by atoms with van der Waals surface area (Å²) in [7, 11) is 0. The van der Waals surface area contributed by atoms with Crippen LogP contribution < -0.4 is 4.74 Å². The van der Waals surface area contributed by atoms with Crippen molar-refractivity contribution >= 4 is 17.7 Å². The van der Waals surface area contributed by atoms with Crippen LogP contribution in [0.3, 0.4) is 0 Å². The molecular formula is C28H35ClN2O3. The van der Waals surface area contributed by atoms with Crippen LogP contribution in [-0.2, 0) is 6.42 Å². The highest BCUT2D eigenvalue weighted by atomic mass is 35.5. The van der Waals surface area contributed by atoms with Crippen LogP contribution in [0.2, 0.25) is 5.02 Å². The third-order valence-electron chi connectivity index (χ3n) is 7.93. The Bertz CT molecular complexity index is 1090. The van der Waals surface area contributed by atoms with Gasteiger partial charge in [0.1, 0.15) is 5.75 Å². The molecule has 4 aliphatic rings. The summed E-state index contributed by atoms with van der Waals surface area (Å²) < 4.78 is 5.78. The second-order valence-electron chi connectivity index (χ2n) is 11.2. The van der Waals surface area contributed by atoms with Crippen molar-refractivity contribution in [3.05, 3.63) is 52.5 Å². The molecule has 2 aromatic rings. The topological polar surface area (TPSA) is 53.0 Å². The number of piperidine rings is 3. The Morgan fingerprint density at radius 3 is 2.41 bits per heavy atom. The number of amides is 1. The van der Waals surface area contributed by atoms with E-state index in [-0.39, 0.29) is 23.6 Å². The average Bonchev–Trinajstić information content (AvgIpc) is 3.05. The molecule has 6 rings (SSSR count). The van der Waals surface area contributed by atoms with Gasteiger partial charge in [0.15, 0.2) is 0 Å². The molecular weight excluding hydrogens is 448 g/mol. The summed E-state index contributed by atoms with van der Waals surface area (Å²) in [6.07, 6.45) is 2.33. The summed E-state index contributed by atoms with van der Waals surface area (Å²) in [6, 6.07) is 12.3. The van der Waals surface area contributed by atoms with Gasteiger partial charge in [-0.1, -0.05) is 49.7 Å². The Morgan fingerprint density at radius 2 is 1.82 bits per heavy atom. The first-order valence-corrected chi connectivity index (χ1v) is 12.8. The highest BCUT2D eigenvalue weighted by Gasteiger charge is 2.50. The lowest BCUT2D eigenvalue weighted by molar-refractivity contribution is -0.0267. The molecule has 3 aliphatic heterocycles. The van der Waals surface area contributed by atoms with Gasteiger partial charge in [0.2, 0.25) is 0 Å². The van der Waals surface area contributed by atoms with Crippen molar-refractivity contribution in [3.63, 3.8) is 0 Å². The highest BCUT2D eigenvalue weighted by Crippen LogP contribution is 2.51. The minimum absolute atomic E-state index is 0.0656. The summed E-state index contributed by atoms with van der Waals surface area (Å²) in [5.74, 6) is 1.16. The average molecular weight is 483 g/mol. The molecule has 0 radical (unpaired) electrons. The van der Waals surface area contributed by atoms with Crippen LogP contribution in [0.4, 0.5) is 4.79 Å². The molecule has 1 N–H and O–H groups in total. The number of carbonyl (C=O) groups is 1. The second kappa shape index (κ2) is 8.76. The van der Waals surface area contributed by atoms with Gasteiger partial charge in [0.25, 0.3) is 0 Å². The predicted molar refractivity (Wildman–Crippen MR) is 136 cm³/mol. The Morgan fingerprint density at radius 1 is 1.15 bits per heavy atom. The number of carboxylic acid groups (broad SMARTS) is 1. The van der Waals surface area contributed by atoms with Crippen LogP contribution in [0.15, 0.2) is 36.4 Å². The van der Waals surface area contributed by atoms with Crippen LogP contribution in [0.25, 0.3) is 11.1 Å². The minimum Gasteiger partial charge on any atom is -0.489 e. The molecule has 0 unspecified atom stereocenters. The molecule has 34 heavy (non-hydrogen) atoms. The molecule has 3 fully saturated rings. The molecule has 3 heterocycles. The van der Waals surface area contributed by atoms with Gasteiger partial charge in [-0.15, -0.1) is 0 Å². The molecule has 1 aliphatic carbocycles. The fourth-order valence-electron chi connectivity index (χ4n) is 6.46. The molecule has 3 saturated heterocycles. The summed E-state index contributed by atoms with van der Waals surface area (Å²) in [5, 5.41) is 11.0. The summed E-state index contributed by atoms with van der Waals surface area (Å²) in [6.45, 7) is 11.5. The number of ether oxygens (including phenoxy) is 1. The van der Waals surface area contributed by atoms with Crippen molar-refractivity contribution in [2.45, 2.75) is 65.1 Å². The van der Waals surface area contributed by atoms with E-state index < -0.39 is 6.09 Å². The number of benzene rings is 2. The molecule has 5 nitrogen and oxygen atoms in total. The third kappa shape index (κ3) is 4.18. The van der Waals surface area contributed by atoms with Gasteiger partial charge in [-0.05, 0) is 91.9 Å². The van der Waals surface area contributed by atoms with Crippen molar-refractivity contribution in [1.82, 2.24) is 9.80 Å². The van der Waals surface area contributed by atoms with Gasteiger partial charge in [-0.3, -0.25) is 4.90 Å². The van der Waals surface area contributed by atoms with Gasteiger partial charge in [-0.25, -0.2) is 4.79 Å². The van der Waals surface area contributed by atoms with Crippen molar-refractivity contribution in [2.75, 3.05) is 19.6 Å². The normalized spacial score (nSPS) is 27.0. The fourth-order valence-corrected chi connectivity index (χ4v) is 6.69. The van der Waals surface area contributed by atoms with Gasteiger partial charge in [-0.2, -0.15) is 0 Å². The van der Waals surface area contributed by atoms with E-state index in [0.29, 0.717) is 16.7 Å². The number of hydrogen-bond acceptors (Lipinski definition) is 3. The molecule has 0 spiro atoms. The number of nitrogens with zero attached hydrogens (tertiary/aromatic N) is 2. The van der Waals surface area contributed by atoms with E-state index in [0.717, 1.165) is 55.6 Å². The lowest BCUT2D eigenvalue weighted by Crippen LogP contribution is -2.60. The van der Waals surface area contributed by atoms with E-state index in [1.807, 2.05) is 36.9 Å². The molecule has 6 heteroatoms. The summed E-state index contributed by atoms with van der Waals surface area (Å²) in [5.41, 5.74) is 4.35. The molecule has 182 valence electrons. The lowest BCUT2D eigenvalue weighted by Gasteiger charge is -2.51. The molecule has 2 bridgehead atoms. The van der Waals surface area contributed by atoms with Crippen molar-refractivity contribution in [2.24, 2.45) is 11.3 Å². The van der Waals surface area contributed by atoms with Crippen LogP contribution >= 0.6 is 11.6 Å². The summed E-state index contributed by atoms with van der Waals surface area (Å²) in [4.78, 5) is 16.9. The van der Waals surface area contributed by atoms with E-state index >= 15 is 0 Å². The van der Waals surface area contributed by atoms with Crippen molar-refractivity contribution in [3.8, 4) is 16.9 Å². The third-order valence-corrected chi connectivity index (χ3v) is 8.23. The maximum Gasteiger partial charge on any atom is 0.408 e.